The maximum atomic E-state index is 8.25. The second-order valence-corrected chi connectivity index (χ2v) is 6.39. The molecule has 0 aliphatic heterocycles. The van der Waals surface area contributed by atoms with Gasteiger partial charge in [-0.05, 0) is 0 Å². The Labute approximate surface area is 140 Å². The maximum Gasteiger partial charge on any atom is -0.153 e. The molecule has 115 valence electrons. The summed E-state index contributed by atoms with van der Waals surface area (Å²) >= 11 is 2.21. The fourth-order valence-electron chi connectivity index (χ4n) is 2.20. The molecule has 2 rings (SSSR count). The SMILES string of the molecule is COC1=CCC(c2[pH]c(C)[c]([Ti+2])c2C)=C1OC.C[O-].C[O-]. The topological polar surface area (TPSA) is 64.6 Å². The number of hydrogen-bond donors (Lipinski definition) is 0. The zero-order valence-corrected chi connectivity index (χ0v) is 16.0. The van der Waals surface area contributed by atoms with Crippen molar-refractivity contribution in [1.82, 2.24) is 0 Å². The van der Waals surface area contributed by atoms with Gasteiger partial charge in [-0.1, -0.05) is 0 Å². The molecule has 1 aliphatic rings. The van der Waals surface area contributed by atoms with E-state index in [0.29, 0.717) is 0 Å². The first-order valence-electron chi connectivity index (χ1n) is 6.34. The summed E-state index contributed by atoms with van der Waals surface area (Å²) in [5.74, 6) is 1.78. The second kappa shape index (κ2) is 10.3. The van der Waals surface area contributed by atoms with Crippen LogP contribution in [0.25, 0.3) is 5.57 Å². The molecule has 1 unspecified atom stereocenters. The van der Waals surface area contributed by atoms with Crippen LogP contribution in [0.1, 0.15) is 22.6 Å². The van der Waals surface area contributed by atoms with Gasteiger partial charge in [0.25, 0.3) is 0 Å². The molecule has 0 spiro atoms. The van der Waals surface area contributed by atoms with Crippen molar-refractivity contribution in [2.24, 2.45) is 0 Å². The molecule has 0 N–H and O–H groups in total. The van der Waals surface area contributed by atoms with E-state index in [1.165, 1.54) is 25.6 Å². The normalized spacial score (nSPS) is 13.3. The number of aryl methyl sites for hydroxylation is 1. The molecule has 21 heavy (non-hydrogen) atoms. The first-order valence-corrected chi connectivity index (χ1v) is 8.12. The minimum atomic E-state index is 0.750. The molecule has 0 radical (unpaired) electrons. The average molecular weight is 345 g/mol. The van der Waals surface area contributed by atoms with Crippen molar-refractivity contribution in [1.29, 1.82) is 0 Å². The van der Waals surface area contributed by atoms with Crippen LogP contribution in [0.5, 0.6) is 0 Å². The summed E-state index contributed by atoms with van der Waals surface area (Å²) < 4.78 is 12.3. The summed E-state index contributed by atoms with van der Waals surface area (Å²) in [5, 5.41) is 19.4. The van der Waals surface area contributed by atoms with Crippen molar-refractivity contribution in [3.8, 4) is 0 Å². The molecule has 0 fully saturated rings. The third-order valence-corrected chi connectivity index (χ3v) is 6.27. The van der Waals surface area contributed by atoms with Gasteiger partial charge in [-0.15, -0.1) is 0 Å². The van der Waals surface area contributed by atoms with Gasteiger partial charge in [0.1, 0.15) is 0 Å². The number of methoxy groups -OCH3 is 2. The van der Waals surface area contributed by atoms with Gasteiger partial charge >= 0.3 is 116 Å². The largest absolute Gasteiger partial charge is 0.857 e. The quantitative estimate of drug-likeness (QED) is 0.759. The van der Waals surface area contributed by atoms with Crippen LogP contribution in [0.15, 0.2) is 17.6 Å². The predicted molar refractivity (Wildman–Crippen MR) is 80.5 cm³/mol. The minimum Gasteiger partial charge on any atom is -0.857 e. The summed E-state index contributed by atoms with van der Waals surface area (Å²) in [5.41, 5.74) is 2.72. The Morgan fingerprint density at radius 2 is 1.67 bits per heavy atom. The van der Waals surface area contributed by atoms with Crippen LogP contribution in [-0.2, 0) is 29.9 Å². The van der Waals surface area contributed by atoms with E-state index < -0.39 is 0 Å². The Kier molecular flexibility index (Phi) is 10.0. The zero-order valence-electron chi connectivity index (χ0n) is 13.4. The predicted octanol–water partition coefficient (Wildman–Crippen LogP) is 0.751. The van der Waals surface area contributed by atoms with Gasteiger partial charge < -0.3 is 10.2 Å². The summed E-state index contributed by atoms with van der Waals surface area (Å²) in [7, 11) is 5.69. The van der Waals surface area contributed by atoms with Crippen molar-refractivity contribution in [2.75, 3.05) is 28.4 Å². The van der Waals surface area contributed by atoms with Gasteiger partial charge in [-0.3, -0.25) is 0 Å². The number of hydrogen-bond acceptors (Lipinski definition) is 4. The van der Waals surface area contributed by atoms with Crippen LogP contribution in [-0.4, -0.2) is 28.4 Å². The van der Waals surface area contributed by atoms with Gasteiger partial charge in [0, 0.05) is 0 Å². The van der Waals surface area contributed by atoms with Crippen molar-refractivity contribution in [3.05, 3.63) is 33.7 Å². The summed E-state index contributed by atoms with van der Waals surface area (Å²) in [6.07, 6.45) is 3.02. The van der Waals surface area contributed by atoms with Gasteiger partial charge in [-0.2, -0.15) is 14.2 Å². The standard InChI is InChI=1S/C13H16O2P.2CH3O.Ti/c1-8-7-9(2)16-13(8)10-5-6-11(14-3)12(10)15-4;2*1-2;/h6,16H,5H2,1-4H3;2*1H3;/q;2*-1;+2. The molecule has 0 bridgehead atoms. The van der Waals surface area contributed by atoms with Crippen molar-refractivity contribution < 1.29 is 40.1 Å². The first kappa shape index (κ1) is 20.5. The number of rotatable bonds is 3. The van der Waals surface area contributed by atoms with Gasteiger partial charge in [-0.25, -0.2) is 0 Å². The van der Waals surface area contributed by atoms with E-state index >= 15 is 0 Å². The average Bonchev–Trinajstić information content (AvgIpc) is 3.07. The van der Waals surface area contributed by atoms with Crippen LogP contribution in [0.4, 0.5) is 0 Å². The molecule has 1 heterocycles. The minimum absolute atomic E-state index is 0.750. The third kappa shape index (κ3) is 4.48. The van der Waals surface area contributed by atoms with Crippen LogP contribution in [0.2, 0.25) is 0 Å². The first-order chi connectivity index (χ1) is 10.1. The van der Waals surface area contributed by atoms with Gasteiger partial charge in [0.05, 0.1) is 0 Å². The molecule has 4 nitrogen and oxygen atoms in total. The molecular formula is C15H22O4PTi. The molecule has 0 saturated carbocycles. The fourth-order valence-corrected chi connectivity index (χ4v) is 4.25. The van der Waals surface area contributed by atoms with Gasteiger partial charge in [0.2, 0.25) is 0 Å². The molecule has 1 aliphatic carbocycles. The molecule has 1 aromatic rings. The monoisotopic (exact) mass is 345 g/mol. The Bertz CT molecular complexity index is 518. The summed E-state index contributed by atoms with van der Waals surface area (Å²) in [6.45, 7) is 4.43. The van der Waals surface area contributed by atoms with Crippen LogP contribution in [0, 0.1) is 13.8 Å². The van der Waals surface area contributed by atoms with Gasteiger partial charge in [0.15, 0.2) is 0 Å². The van der Waals surface area contributed by atoms with E-state index in [-0.39, 0.29) is 0 Å². The second-order valence-electron chi connectivity index (χ2n) is 4.11. The Hall–Kier alpha value is -0.506. The van der Waals surface area contributed by atoms with Crippen molar-refractivity contribution in [2.45, 2.75) is 20.3 Å². The number of allylic oxidation sites excluding steroid dienone is 2. The smallest absolute Gasteiger partial charge is 0.153 e. The van der Waals surface area contributed by atoms with E-state index in [4.69, 9.17) is 19.7 Å². The molecule has 0 aromatic carbocycles. The van der Waals surface area contributed by atoms with E-state index in [2.05, 4.69) is 40.4 Å². The van der Waals surface area contributed by atoms with Crippen LogP contribution < -0.4 is 14.1 Å². The molecule has 1 atom stereocenters. The van der Waals surface area contributed by atoms with E-state index in [1.807, 2.05) is 0 Å². The fraction of sp³-hybridized carbons (Fsp3) is 0.467. The molecule has 0 amide bonds. The molecular weight excluding hydrogens is 323 g/mol. The third-order valence-electron chi connectivity index (χ3n) is 3.15. The Balaban J connectivity index is 0.000000921. The molecule has 1 aromatic heterocycles. The van der Waals surface area contributed by atoms with Crippen LogP contribution in [0.3, 0.4) is 0 Å². The molecule has 0 saturated heterocycles. The summed E-state index contributed by atoms with van der Waals surface area (Å²) in [4.78, 5) is 0. The zero-order chi connectivity index (χ0) is 16.6. The molecule has 6 heteroatoms. The Morgan fingerprint density at radius 3 is 2.05 bits per heavy atom. The summed E-state index contributed by atoms with van der Waals surface area (Å²) in [6, 6.07) is 0. The van der Waals surface area contributed by atoms with Crippen molar-refractivity contribution in [3.63, 3.8) is 0 Å². The Morgan fingerprint density at radius 1 is 1.10 bits per heavy atom. The van der Waals surface area contributed by atoms with Crippen molar-refractivity contribution >= 4 is 17.6 Å². The maximum absolute atomic E-state index is 8.25. The van der Waals surface area contributed by atoms with E-state index in [9.17, 15) is 0 Å². The van der Waals surface area contributed by atoms with E-state index in [1.54, 1.807) is 14.2 Å². The van der Waals surface area contributed by atoms with E-state index in [0.717, 1.165) is 40.4 Å². The number of ether oxygens (including phenoxy) is 2. The van der Waals surface area contributed by atoms with Crippen LogP contribution >= 0.6 is 8.19 Å².